The Kier molecular flexibility index (Phi) is 3.45. The normalized spacial score (nSPS) is 12.2. The molecule has 1 aromatic carbocycles. The van der Waals surface area contributed by atoms with Crippen molar-refractivity contribution in [1.82, 2.24) is 10.3 Å². The lowest BCUT2D eigenvalue weighted by Gasteiger charge is -2.25. The summed E-state index contributed by atoms with van der Waals surface area (Å²) in [6.07, 6.45) is 2.43. The van der Waals surface area contributed by atoms with Crippen molar-refractivity contribution in [2.75, 3.05) is 6.54 Å². The summed E-state index contributed by atoms with van der Waals surface area (Å²) in [6, 6.07) is 6.07. The fraction of sp³-hybridized carbons (Fsp3) is 0.462. The van der Waals surface area contributed by atoms with Crippen molar-refractivity contribution in [3.05, 3.63) is 30.2 Å². The van der Waals surface area contributed by atoms with Crippen LogP contribution in [-0.4, -0.2) is 17.1 Å². The second-order valence-electron chi connectivity index (χ2n) is 4.93. The van der Waals surface area contributed by atoms with Gasteiger partial charge in [-0.3, -0.25) is 0 Å². The fourth-order valence-corrected chi connectivity index (χ4v) is 1.80. The van der Waals surface area contributed by atoms with Crippen LogP contribution in [0.15, 0.2) is 29.0 Å². The van der Waals surface area contributed by atoms with Crippen molar-refractivity contribution in [3.8, 4) is 0 Å². The highest BCUT2D eigenvalue weighted by Crippen LogP contribution is 2.15. The molecule has 1 aromatic heterocycles. The number of nitrogens with one attached hydrogen (secondary N) is 1. The highest BCUT2D eigenvalue weighted by Gasteiger charge is 2.15. The summed E-state index contributed by atoms with van der Waals surface area (Å²) < 4.78 is 5.28. The molecule has 2 rings (SSSR count). The second kappa shape index (κ2) is 4.85. The van der Waals surface area contributed by atoms with E-state index < -0.39 is 0 Å². The van der Waals surface area contributed by atoms with Crippen molar-refractivity contribution in [2.45, 2.75) is 32.4 Å². The first-order valence-electron chi connectivity index (χ1n) is 5.88. The van der Waals surface area contributed by atoms with Crippen LogP contribution in [0.25, 0.3) is 11.1 Å². The van der Waals surface area contributed by atoms with Gasteiger partial charge in [0.25, 0.3) is 0 Å². The first kappa shape index (κ1) is 12.1. The van der Waals surface area contributed by atoms with Crippen LogP contribution >= 0.6 is 0 Å². The maximum absolute atomic E-state index is 5.58. The summed E-state index contributed by atoms with van der Waals surface area (Å²) in [5.74, 6) is 0. The Hall–Kier alpha value is -1.39. The van der Waals surface area contributed by atoms with E-state index in [0.29, 0.717) is 6.54 Å². The molecule has 0 amide bonds. The standard InChI is InChI=1S/C13H19N3O/c1-13(2,5-6-14)16-8-10-3-4-11-12(7-10)17-9-15-11/h3-4,7,9,16H,5-6,8,14H2,1-2H3. The molecule has 0 aliphatic carbocycles. The van der Waals surface area contributed by atoms with Gasteiger partial charge in [-0.2, -0.15) is 0 Å². The van der Waals surface area contributed by atoms with Crippen molar-refractivity contribution >= 4 is 11.1 Å². The Morgan fingerprint density at radius 3 is 3.00 bits per heavy atom. The van der Waals surface area contributed by atoms with Gasteiger partial charge in [0, 0.05) is 12.1 Å². The van der Waals surface area contributed by atoms with E-state index in [2.05, 4.69) is 30.2 Å². The molecule has 1 heterocycles. The predicted octanol–water partition coefficient (Wildman–Crippen LogP) is 2.04. The van der Waals surface area contributed by atoms with E-state index in [-0.39, 0.29) is 5.54 Å². The van der Waals surface area contributed by atoms with Gasteiger partial charge >= 0.3 is 0 Å². The third kappa shape index (κ3) is 3.05. The van der Waals surface area contributed by atoms with Gasteiger partial charge in [0.1, 0.15) is 5.52 Å². The SMILES string of the molecule is CC(C)(CCN)NCc1ccc2ncoc2c1. The minimum atomic E-state index is 0.0606. The zero-order chi connectivity index (χ0) is 12.3. The molecule has 4 nitrogen and oxygen atoms in total. The molecule has 17 heavy (non-hydrogen) atoms. The molecule has 0 radical (unpaired) electrons. The number of hydrogen-bond donors (Lipinski definition) is 2. The van der Waals surface area contributed by atoms with E-state index in [1.807, 2.05) is 12.1 Å². The quantitative estimate of drug-likeness (QED) is 0.829. The number of nitrogens with zero attached hydrogens (tertiary/aromatic N) is 1. The van der Waals surface area contributed by atoms with E-state index in [1.54, 1.807) is 0 Å². The first-order valence-corrected chi connectivity index (χ1v) is 5.88. The van der Waals surface area contributed by atoms with E-state index in [1.165, 1.54) is 12.0 Å². The lowest BCUT2D eigenvalue weighted by molar-refractivity contribution is 0.365. The molecule has 2 aromatic rings. The average Bonchev–Trinajstić information content (AvgIpc) is 2.73. The van der Waals surface area contributed by atoms with Gasteiger partial charge in [-0.15, -0.1) is 0 Å². The number of nitrogens with two attached hydrogens (primary N) is 1. The molecular formula is C13H19N3O. The van der Waals surface area contributed by atoms with E-state index >= 15 is 0 Å². The second-order valence-corrected chi connectivity index (χ2v) is 4.93. The van der Waals surface area contributed by atoms with E-state index in [9.17, 15) is 0 Å². The van der Waals surface area contributed by atoms with Crippen molar-refractivity contribution in [2.24, 2.45) is 5.73 Å². The zero-order valence-electron chi connectivity index (χ0n) is 10.4. The summed E-state index contributed by atoms with van der Waals surface area (Å²) in [7, 11) is 0. The van der Waals surface area contributed by atoms with Gasteiger partial charge in [0.15, 0.2) is 12.0 Å². The molecule has 3 N–H and O–H groups in total. The molecule has 0 unspecified atom stereocenters. The number of fused-ring (bicyclic) bond motifs is 1. The average molecular weight is 233 g/mol. The first-order chi connectivity index (χ1) is 8.11. The monoisotopic (exact) mass is 233 g/mol. The van der Waals surface area contributed by atoms with Gasteiger partial charge in [-0.1, -0.05) is 6.07 Å². The maximum atomic E-state index is 5.58. The number of hydrogen-bond acceptors (Lipinski definition) is 4. The lowest BCUT2D eigenvalue weighted by atomic mass is 10.0. The van der Waals surface area contributed by atoms with Gasteiger partial charge in [0.2, 0.25) is 0 Å². The highest BCUT2D eigenvalue weighted by molar-refractivity contribution is 5.72. The molecule has 4 heteroatoms. The summed E-state index contributed by atoms with van der Waals surface area (Å²) in [6.45, 7) is 5.82. The molecule has 92 valence electrons. The smallest absolute Gasteiger partial charge is 0.181 e. The molecule has 0 atom stereocenters. The fourth-order valence-electron chi connectivity index (χ4n) is 1.80. The molecule has 0 saturated carbocycles. The zero-order valence-corrected chi connectivity index (χ0v) is 10.4. The van der Waals surface area contributed by atoms with Gasteiger partial charge < -0.3 is 15.5 Å². The molecule has 0 aliphatic heterocycles. The van der Waals surface area contributed by atoms with Crippen molar-refractivity contribution < 1.29 is 4.42 Å². The van der Waals surface area contributed by atoms with Crippen LogP contribution in [0.3, 0.4) is 0 Å². The number of rotatable bonds is 5. The van der Waals surface area contributed by atoms with Gasteiger partial charge in [0.05, 0.1) is 0 Å². The Bertz CT molecular complexity index is 490. The van der Waals surface area contributed by atoms with Crippen LogP contribution in [0.2, 0.25) is 0 Å². The molecule has 0 fully saturated rings. The van der Waals surface area contributed by atoms with Crippen LogP contribution in [0.4, 0.5) is 0 Å². The Morgan fingerprint density at radius 2 is 2.24 bits per heavy atom. The van der Waals surface area contributed by atoms with Crippen LogP contribution in [0.1, 0.15) is 25.8 Å². The maximum Gasteiger partial charge on any atom is 0.181 e. The van der Waals surface area contributed by atoms with Crippen LogP contribution in [-0.2, 0) is 6.54 Å². The van der Waals surface area contributed by atoms with Crippen LogP contribution in [0, 0.1) is 0 Å². The Morgan fingerprint density at radius 1 is 1.41 bits per heavy atom. The van der Waals surface area contributed by atoms with Crippen molar-refractivity contribution in [1.29, 1.82) is 0 Å². The molecule has 0 spiro atoms. The number of oxazole rings is 1. The van der Waals surface area contributed by atoms with Gasteiger partial charge in [-0.05, 0) is 44.5 Å². The lowest BCUT2D eigenvalue weighted by Crippen LogP contribution is -2.40. The number of aromatic nitrogens is 1. The largest absolute Gasteiger partial charge is 0.443 e. The van der Waals surface area contributed by atoms with Gasteiger partial charge in [-0.25, -0.2) is 4.98 Å². The molecule has 0 aliphatic rings. The Labute approximate surface area is 101 Å². The highest BCUT2D eigenvalue weighted by atomic mass is 16.3. The summed E-state index contributed by atoms with van der Waals surface area (Å²) >= 11 is 0. The van der Waals surface area contributed by atoms with Crippen molar-refractivity contribution in [3.63, 3.8) is 0 Å². The molecular weight excluding hydrogens is 214 g/mol. The summed E-state index contributed by atoms with van der Waals surface area (Å²) in [5, 5.41) is 3.49. The minimum Gasteiger partial charge on any atom is -0.443 e. The molecule has 0 bridgehead atoms. The third-order valence-corrected chi connectivity index (χ3v) is 2.94. The van der Waals surface area contributed by atoms with Crippen LogP contribution < -0.4 is 11.1 Å². The topological polar surface area (TPSA) is 64.1 Å². The van der Waals surface area contributed by atoms with E-state index in [0.717, 1.165) is 24.1 Å². The third-order valence-electron chi connectivity index (χ3n) is 2.94. The van der Waals surface area contributed by atoms with E-state index in [4.69, 9.17) is 10.2 Å². The predicted molar refractivity (Wildman–Crippen MR) is 68.6 cm³/mol. The minimum absolute atomic E-state index is 0.0606. The number of benzene rings is 1. The van der Waals surface area contributed by atoms with Crippen LogP contribution in [0.5, 0.6) is 0 Å². The molecule has 0 saturated heterocycles. The Balaban J connectivity index is 2.03. The summed E-state index contributed by atoms with van der Waals surface area (Å²) in [5.41, 5.74) is 8.57. The summed E-state index contributed by atoms with van der Waals surface area (Å²) in [4.78, 5) is 4.09.